The highest BCUT2D eigenvalue weighted by Gasteiger charge is 2.33. The zero-order chi connectivity index (χ0) is 13.6. The molecule has 0 atom stereocenters. The number of hydrogen-bond donors (Lipinski definition) is 2. The Hall–Kier alpha value is -0.400. The lowest BCUT2D eigenvalue weighted by molar-refractivity contribution is -0.0539. The van der Waals surface area contributed by atoms with Crippen molar-refractivity contribution in [1.29, 1.82) is 0 Å². The van der Waals surface area contributed by atoms with Gasteiger partial charge in [-0.1, -0.05) is 18.3 Å². The SMILES string of the molecule is C=C(N)S/C(=C\N)SCCN1CCC(F)(F)CC1. The van der Waals surface area contributed by atoms with Gasteiger partial charge in [-0.2, -0.15) is 0 Å². The standard InChI is InChI=1S/C11H19F2N3S2/c1-9(15)18-10(8-14)17-7-6-16-4-2-11(12,13)3-5-16/h8H,1-7,14-15H2/b10-8-. The molecule has 1 heterocycles. The Bertz CT molecular complexity index is 311. The van der Waals surface area contributed by atoms with Crippen molar-refractivity contribution < 1.29 is 8.78 Å². The third-order valence-corrected chi connectivity index (χ3v) is 4.62. The fourth-order valence-corrected chi connectivity index (χ4v) is 3.40. The van der Waals surface area contributed by atoms with Crippen molar-refractivity contribution in [2.75, 3.05) is 25.4 Å². The predicted octanol–water partition coefficient (Wildman–Crippen LogP) is 2.37. The molecular weight excluding hydrogens is 276 g/mol. The lowest BCUT2D eigenvalue weighted by Crippen LogP contribution is -2.40. The van der Waals surface area contributed by atoms with E-state index in [9.17, 15) is 8.78 Å². The molecule has 0 spiro atoms. The molecular formula is C11H19F2N3S2. The van der Waals surface area contributed by atoms with Crippen LogP contribution in [0.1, 0.15) is 12.8 Å². The monoisotopic (exact) mass is 295 g/mol. The van der Waals surface area contributed by atoms with Crippen LogP contribution < -0.4 is 11.5 Å². The van der Waals surface area contributed by atoms with Crippen LogP contribution in [0.5, 0.6) is 0 Å². The summed E-state index contributed by atoms with van der Waals surface area (Å²) >= 11 is 2.90. The van der Waals surface area contributed by atoms with E-state index in [-0.39, 0.29) is 12.8 Å². The maximum Gasteiger partial charge on any atom is 0.250 e. The van der Waals surface area contributed by atoms with Crippen molar-refractivity contribution >= 4 is 23.5 Å². The van der Waals surface area contributed by atoms with E-state index in [0.717, 1.165) is 16.5 Å². The maximum atomic E-state index is 12.9. The second kappa shape index (κ2) is 7.25. The number of thioether (sulfide) groups is 2. The molecule has 0 amide bonds. The largest absolute Gasteiger partial charge is 0.403 e. The minimum Gasteiger partial charge on any atom is -0.403 e. The van der Waals surface area contributed by atoms with Crippen LogP contribution in [-0.2, 0) is 0 Å². The van der Waals surface area contributed by atoms with E-state index >= 15 is 0 Å². The molecule has 3 nitrogen and oxygen atoms in total. The molecule has 1 saturated heterocycles. The summed E-state index contributed by atoms with van der Waals surface area (Å²) in [6.45, 7) is 5.31. The molecule has 0 aromatic heterocycles. The number of nitrogens with zero attached hydrogens (tertiary/aromatic N) is 1. The number of halogens is 2. The molecule has 104 valence electrons. The second-order valence-electron chi connectivity index (χ2n) is 4.10. The van der Waals surface area contributed by atoms with Crippen molar-refractivity contribution in [1.82, 2.24) is 4.90 Å². The first-order valence-electron chi connectivity index (χ1n) is 5.70. The molecule has 4 N–H and O–H groups in total. The highest BCUT2D eigenvalue weighted by Crippen LogP contribution is 2.31. The zero-order valence-electron chi connectivity index (χ0n) is 10.2. The van der Waals surface area contributed by atoms with E-state index in [1.54, 1.807) is 11.8 Å². The van der Waals surface area contributed by atoms with Gasteiger partial charge in [-0.05, 0) is 0 Å². The number of piperidine rings is 1. The minimum atomic E-state index is -2.47. The molecule has 0 aromatic carbocycles. The molecule has 0 aromatic rings. The van der Waals surface area contributed by atoms with Gasteiger partial charge < -0.3 is 16.4 Å². The molecule has 1 aliphatic rings. The Morgan fingerprint density at radius 2 is 2.00 bits per heavy atom. The Balaban J connectivity index is 2.20. The molecule has 18 heavy (non-hydrogen) atoms. The van der Waals surface area contributed by atoms with Crippen molar-refractivity contribution in [3.05, 3.63) is 22.0 Å². The number of alkyl halides is 2. The summed E-state index contributed by atoms with van der Waals surface area (Å²) in [4.78, 5) is 2.06. The fourth-order valence-electron chi connectivity index (χ4n) is 1.62. The summed E-state index contributed by atoms with van der Waals surface area (Å²) in [5.41, 5.74) is 10.9. The highest BCUT2D eigenvalue weighted by atomic mass is 32.2. The van der Waals surface area contributed by atoms with Crippen molar-refractivity contribution in [2.45, 2.75) is 18.8 Å². The van der Waals surface area contributed by atoms with Gasteiger partial charge in [-0.25, -0.2) is 8.78 Å². The third-order valence-electron chi connectivity index (χ3n) is 2.61. The molecule has 7 heteroatoms. The lowest BCUT2D eigenvalue weighted by atomic mass is 10.1. The topological polar surface area (TPSA) is 55.3 Å². The van der Waals surface area contributed by atoms with E-state index in [0.29, 0.717) is 18.1 Å². The molecule has 1 aliphatic heterocycles. The Morgan fingerprint density at radius 1 is 1.39 bits per heavy atom. The van der Waals surface area contributed by atoms with Crippen LogP contribution in [0.2, 0.25) is 0 Å². The predicted molar refractivity (Wildman–Crippen MR) is 76.3 cm³/mol. The van der Waals surface area contributed by atoms with Crippen LogP contribution in [0.4, 0.5) is 8.78 Å². The summed E-state index contributed by atoms with van der Waals surface area (Å²) < 4.78 is 26.8. The number of rotatable bonds is 6. The first-order chi connectivity index (χ1) is 8.43. The van der Waals surface area contributed by atoms with Gasteiger partial charge in [0.1, 0.15) is 0 Å². The van der Waals surface area contributed by atoms with Gasteiger partial charge in [0.15, 0.2) is 0 Å². The van der Waals surface area contributed by atoms with Crippen LogP contribution in [0.3, 0.4) is 0 Å². The summed E-state index contributed by atoms with van der Waals surface area (Å²) in [6.07, 6.45) is 1.43. The van der Waals surface area contributed by atoms with Gasteiger partial charge >= 0.3 is 0 Å². The summed E-state index contributed by atoms with van der Waals surface area (Å²) in [5, 5.41) is 0.497. The Kier molecular flexibility index (Phi) is 6.31. The molecule has 1 fully saturated rings. The number of nitrogens with two attached hydrogens (primary N) is 2. The van der Waals surface area contributed by atoms with Crippen molar-refractivity contribution in [3.8, 4) is 0 Å². The van der Waals surface area contributed by atoms with E-state index in [1.807, 2.05) is 0 Å². The van der Waals surface area contributed by atoms with Gasteiger partial charge in [-0.15, -0.1) is 11.8 Å². The first kappa shape index (κ1) is 15.7. The summed E-state index contributed by atoms with van der Waals surface area (Å²) in [7, 11) is 0. The van der Waals surface area contributed by atoms with Crippen LogP contribution in [0.25, 0.3) is 0 Å². The van der Waals surface area contributed by atoms with E-state index in [4.69, 9.17) is 11.5 Å². The highest BCUT2D eigenvalue weighted by molar-refractivity contribution is 8.23. The van der Waals surface area contributed by atoms with E-state index in [2.05, 4.69) is 11.5 Å². The molecule has 0 radical (unpaired) electrons. The van der Waals surface area contributed by atoms with Crippen molar-refractivity contribution in [3.63, 3.8) is 0 Å². The normalized spacial score (nSPS) is 20.9. The van der Waals surface area contributed by atoms with Gasteiger partial charge in [0.2, 0.25) is 0 Å². The Labute approximate surface area is 115 Å². The number of likely N-dealkylation sites (tertiary alicyclic amines) is 1. The van der Waals surface area contributed by atoms with Crippen LogP contribution in [0, 0.1) is 0 Å². The lowest BCUT2D eigenvalue weighted by Gasteiger charge is -2.31. The smallest absolute Gasteiger partial charge is 0.250 e. The van der Waals surface area contributed by atoms with Crippen LogP contribution in [-0.4, -0.2) is 36.2 Å². The Morgan fingerprint density at radius 3 is 2.50 bits per heavy atom. The quantitative estimate of drug-likeness (QED) is 0.788. The second-order valence-corrected chi connectivity index (χ2v) is 6.66. The first-order valence-corrected chi connectivity index (χ1v) is 7.50. The third kappa shape index (κ3) is 5.97. The average Bonchev–Trinajstić information content (AvgIpc) is 2.29. The fraction of sp³-hybridized carbons (Fsp3) is 0.636. The molecule has 0 unspecified atom stereocenters. The van der Waals surface area contributed by atoms with Gasteiger partial charge in [0, 0.05) is 44.4 Å². The van der Waals surface area contributed by atoms with Gasteiger partial charge in [0.05, 0.1) is 9.27 Å². The molecule has 0 bridgehead atoms. The van der Waals surface area contributed by atoms with Crippen LogP contribution in [0.15, 0.2) is 22.0 Å². The minimum absolute atomic E-state index is 0.0361. The van der Waals surface area contributed by atoms with Crippen molar-refractivity contribution in [2.24, 2.45) is 11.5 Å². The summed E-state index contributed by atoms with van der Waals surface area (Å²) in [5.74, 6) is -1.66. The average molecular weight is 295 g/mol. The molecule has 0 aliphatic carbocycles. The van der Waals surface area contributed by atoms with Gasteiger partial charge in [0.25, 0.3) is 5.92 Å². The van der Waals surface area contributed by atoms with E-state index < -0.39 is 5.92 Å². The maximum absolute atomic E-state index is 12.9. The summed E-state index contributed by atoms with van der Waals surface area (Å²) in [6, 6.07) is 0. The van der Waals surface area contributed by atoms with Gasteiger partial charge in [-0.3, -0.25) is 0 Å². The molecule has 1 rings (SSSR count). The van der Waals surface area contributed by atoms with Crippen LogP contribution >= 0.6 is 23.5 Å². The van der Waals surface area contributed by atoms with E-state index in [1.165, 1.54) is 18.0 Å². The zero-order valence-corrected chi connectivity index (χ0v) is 11.8. The number of hydrogen-bond acceptors (Lipinski definition) is 5. The molecule has 0 saturated carbocycles.